The number of aryl methyl sites for hydroxylation is 1. The molecule has 1 N–H and O–H groups in total. The van der Waals surface area contributed by atoms with Crippen molar-refractivity contribution in [1.82, 2.24) is 25.3 Å². The van der Waals surface area contributed by atoms with Crippen molar-refractivity contribution >= 4 is 11.8 Å². The first-order valence-corrected chi connectivity index (χ1v) is 8.49. The zero-order valence-electron chi connectivity index (χ0n) is 14.9. The molecule has 1 saturated heterocycles. The number of likely N-dealkylation sites (tertiary alicyclic amines) is 1. The van der Waals surface area contributed by atoms with E-state index in [1.54, 1.807) is 13.1 Å². The van der Waals surface area contributed by atoms with E-state index in [0.29, 0.717) is 24.8 Å². The van der Waals surface area contributed by atoms with Crippen LogP contribution in [0.1, 0.15) is 36.0 Å². The number of piperidine rings is 1. The highest BCUT2D eigenvalue weighted by atomic mass is 16.5. The van der Waals surface area contributed by atoms with Gasteiger partial charge in [0, 0.05) is 58.3 Å². The molecule has 2 amide bonds. The summed E-state index contributed by atoms with van der Waals surface area (Å²) in [5, 5.41) is 7.00. The van der Waals surface area contributed by atoms with E-state index in [9.17, 15) is 4.79 Å². The number of carbonyl (C=O) groups excluding carboxylic acids is 1. The molecule has 25 heavy (non-hydrogen) atoms. The Morgan fingerprint density at radius 3 is 3.04 bits per heavy atom. The molecule has 1 aliphatic heterocycles. The van der Waals surface area contributed by atoms with Crippen LogP contribution < -0.4 is 10.2 Å². The quantitative estimate of drug-likeness (QED) is 0.912. The van der Waals surface area contributed by atoms with Gasteiger partial charge in [-0.25, -0.2) is 9.78 Å². The summed E-state index contributed by atoms with van der Waals surface area (Å²) in [5.41, 5.74) is 0.989. The number of rotatable bonds is 4. The third kappa shape index (κ3) is 4.07. The second-order valence-corrected chi connectivity index (χ2v) is 6.50. The van der Waals surface area contributed by atoms with E-state index in [0.717, 1.165) is 30.8 Å². The fourth-order valence-corrected chi connectivity index (χ4v) is 3.11. The number of nitrogens with zero attached hydrogens (tertiary/aromatic N) is 5. The van der Waals surface area contributed by atoms with Gasteiger partial charge in [0.15, 0.2) is 5.82 Å². The van der Waals surface area contributed by atoms with Gasteiger partial charge in [-0.2, -0.15) is 4.98 Å². The minimum atomic E-state index is -0.0709. The van der Waals surface area contributed by atoms with E-state index in [-0.39, 0.29) is 11.9 Å². The maximum Gasteiger partial charge on any atom is 0.317 e. The smallest absolute Gasteiger partial charge is 0.317 e. The lowest BCUT2D eigenvalue weighted by Crippen LogP contribution is -2.45. The first-order chi connectivity index (χ1) is 12.0. The average molecular weight is 344 g/mol. The van der Waals surface area contributed by atoms with Crippen LogP contribution in [0.2, 0.25) is 0 Å². The van der Waals surface area contributed by atoms with Gasteiger partial charge in [0.2, 0.25) is 5.89 Å². The first kappa shape index (κ1) is 17.2. The molecule has 134 valence electrons. The zero-order valence-corrected chi connectivity index (χ0v) is 14.9. The Balaban J connectivity index is 1.60. The SMILES string of the molecule is Cc1nc([C@@H]2CCCN(C(=O)NCc3cccnc3N(C)C)C2)no1. The highest BCUT2D eigenvalue weighted by Crippen LogP contribution is 2.25. The van der Waals surface area contributed by atoms with Crippen molar-refractivity contribution in [2.45, 2.75) is 32.2 Å². The van der Waals surface area contributed by atoms with Crippen molar-refractivity contribution in [3.05, 3.63) is 35.6 Å². The third-order valence-corrected chi connectivity index (χ3v) is 4.34. The molecule has 1 aliphatic rings. The van der Waals surface area contributed by atoms with Crippen LogP contribution in [0, 0.1) is 6.92 Å². The Bertz CT molecular complexity index is 729. The molecule has 0 radical (unpaired) electrons. The van der Waals surface area contributed by atoms with Crippen LogP contribution in [0.25, 0.3) is 0 Å². The van der Waals surface area contributed by atoms with Gasteiger partial charge in [-0.05, 0) is 18.9 Å². The second-order valence-electron chi connectivity index (χ2n) is 6.50. The van der Waals surface area contributed by atoms with Crippen LogP contribution in [-0.4, -0.2) is 53.2 Å². The molecule has 1 fully saturated rings. The van der Waals surface area contributed by atoms with Crippen LogP contribution in [-0.2, 0) is 6.54 Å². The molecule has 2 aromatic heterocycles. The van der Waals surface area contributed by atoms with Crippen molar-refractivity contribution in [2.24, 2.45) is 0 Å². The molecule has 3 heterocycles. The van der Waals surface area contributed by atoms with E-state index in [4.69, 9.17) is 4.52 Å². The Kier molecular flexibility index (Phi) is 5.16. The van der Waals surface area contributed by atoms with Gasteiger partial charge < -0.3 is 19.6 Å². The minimum Gasteiger partial charge on any atom is -0.362 e. The normalized spacial score (nSPS) is 17.4. The largest absolute Gasteiger partial charge is 0.362 e. The number of carbonyl (C=O) groups is 1. The molecular formula is C17H24N6O2. The van der Waals surface area contributed by atoms with Gasteiger partial charge in [-0.1, -0.05) is 11.2 Å². The highest BCUT2D eigenvalue weighted by Gasteiger charge is 2.27. The molecule has 0 spiro atoms. The summed E-state index contributed by atoms with van der Waals surface area (Å²) in [5.74, 6) is 2.25. The molecule has 0 saturated carbocycles. The lowest BCUT2D eigenvalue weighted by molar-refractivity contribution is 0.177. The molecule has 0 aromatic carbocycles. The number of urea groups is 1. The van der Waals surface area contributed by atoms with Gasteiger partial charge >= 0.3 is 6.03 Å². The number of aromatic nitrogens is 3. The topological polar surface area (TPSA) is 87.4 Å². The van der Waals surface area contributed by atoms with Crippen LogP contribution in [0.3, 0.4) is 0 Å². The molecule has 3 rings (SSSR count). The van der Waals surface area contributed by atoms with E-state index < -0.39 is 0 Å². The standard InChI is InChI=1S/C17H24N6O2/c1-12-20-15(21-25-12)14-7-5-9-23(11-14)17(24)19-10-13-6-4-8-18-16(13)22(2)3/h4,6,8,14H,5,7,9-11H2,1-3H3,(H,19,24)/t14-/m1/s1. The summed E-state index contributed by atoms with van der Waals surface area (Å²) in [7, 11) is 3.88. The molecule has 0 unspecified atom stereocenters. The van der Waals surface area contributed by atoms with Gasteiger partial charge in [-0.15, -0.1) is 0 Å². The third-order valence-electron chi connectivity index (χ3n) is 4.34. The average Bonchev–Trinajstić information content (AvgIpc) is 3.06. The maximum atomic E-state index is 12.6. The molecule has 2 aromatic rings. The number of hydrogen-bond acceptors (Lipinski definition) is 6. The Labute approximate surface area is 147 Å². The molecule has 0 aliphatic carbocycles. The van der Waals surface area contributed by atoms with Crippen LogP contribution in [0.15, 0.2) is 22.9 Å². The summed E-state index contributed by atoms with van der Waals surface area (Å²) >= 11 is 0. The highest BCUT2D eigenvalue weighted by molar-refractivity contribution is 5.74. The van der Waals surface area contributed by atoms with E-state index >= 15 is 0 Å². The van der Waals surface area contributed by atoms with Crippen molar-refractivity contribution in [1.29, 1.82) is 0 Å². The lowest BCUT2D eigenvalue weighted by Gasteiger charge is -2.31. The van der Waals surface area contributed by atoms with Gasteiger partial charge in [-0.3, -0.25) is 0 Å². The Hall–Kier alpha value is -2.64. The second kappa shape index (κ2) is 7.50. The van der Waals surface area contributed by atoms with Crippen LogP contribution in [0.4, 0.5) is 10.6 Å². The van der Waals surface area contributed by atoms with E-state index in [1.807, 2.05) is 36.0 Å². The fraction of sp³-hybridized carbons (Fsp3) is 0.529. The first-order valence-electron chi connectivity index (χ1n) is 8.49. The van der Waals surface area contributed by atoms with Gasteiger partial charge in [0.05, 0.1) is 0 Å². The number of amides is 2. The zero-order chi connectivity index (χ0) is 17.8. The minimum absolute atomic E-state index is 0.0709. The monoisotopic (exact) mass is 344 g/mol. The fourth-order valence-electron chi connectivity index (χ4n) is 3.11. The van der Waals surface area contributed by atoms with Gasteiger partial charge in [0.25, 0.3) is 0 Å². The van der Waals surface area contributed by atoms with E-state index in [2.05, 4.69) is 20.4 Å². The summed E-state index contributed by atoms with van der Waals surface area (Å²) in [6.07, 6.45) is 3.65. The van der Waals surface area contributed by atoms with Crippen molar-refractivity contribution in [3.63, 3.8) is 0 Å². The Morgan fingerprint density at radius 2 is 2.32 bits per heavy atom. The van der Waals surface area contributed by atoms with E-state index in [1.165, 1.54) is 0 Å². The maximum absolute atomic E-state index is 12.6. The number of hydrogen-bond donors (Lipinski definition) is 1. The van der Waals surface area contributed by atoms with Crippen LogP contribution >= 0.6 is 0 Å². The number of nitrogens with one attached hydrogen (secondary N) is 1. The molecule has 0 bridgehead atoms. The summed E-state index contributed by atoms with van der Waals surface area (Å²) < 4.78 is 5.06. The van der Waals surface area contributed by atoms with Crippen LogP contribution in [0.5, 0.6) is 0 Å². The van der Waals surface area contributed by atoms with Crippen molar-refractivity contribution in [3.8, 4) is 0 Å². The molecule has 8 heteroatoms. The Morgan fingerprint density at radius 1 is 1.48 bits per heavy atom. The molecular weight excluding hydrogens is 320 g/mol. The van der Waals surface area contributed by atoms with Crippen molar-refractivity contribution < 1.29 is 9.32 Å². The summed E-state index contributed by atoms with van der Waals surface area (Å²) in [4.78, 5) is 25.0. The number of pyridine rings is 1. The predicted octanol–water partition coefficient (Wildman–Crippen LogP) is 1.93. The lowest BCUT2D eigenvalue weighted by atomic mass is 9.98. The summed E-state index contributed by atoms with van der Waals surface area (Å²) in [6, 6.07) is 3.78. The molecule has 8 nitrogen and oxygen atoms in total. The predicted molar refractivity (Wildman–Crippen MR) is 93.4 cm³/mol. The van der Waals surface area contributed by atoms with Gasteiger partial charge in [0.1, 0.15) is 5.82 Å². The number of anilines is 1. The van der Waals surface area contributed by atoms with Crippen molar-refractivity contribution in [2.75, 3.05) is 32.1 Å². The molecule has 1 atom stereocenters. The summed E-state index contributed by atoms with van der Waals surface area (Å²) in [6.45, 7) is 3.58.